The molecule has 0 heterocycles. The summed E-state index contributed by atoms with van der Waals surface area (Å²) in [5.41, 5.74) is 4.86. The van der Waals surface area contributed by atoms with Crippen LogP contribution in [-0.2, 0) is 4.79 Å². The molecule has 0 spiro atoms. The second kappa shape index (κ2) is 10.9. The van der Waals surface area contributed by atoms with Crippen molar-refractivity contribution in [2.45, 2.75) is 6.92 Å². The Morgan fingerprint density at radius 3 is 2.31 bits per heavy atom. The van der Waals surface area contributed by atoms with Crippen LogP contribution in [0.3, 0.4) is 0 Å². The number of hydrogen-bond donors (Lipinski definition) is 2. The van der Waals surface area contributed by atoms with Gasteiger partial charge in [-0.3, -0.25) is 9.59 Å². The number of benzene rings is 4. The van der Waals surface area contributed by atoms with Crippen molar-refractivity contribution < 1.29 is 19.1 Å². The minimum atomic E-state index is -0.501. The predicted octanol–water partition coefficient (Wildman–Crippen LogP) is 4.25. The Morgan fingerprint density at radius 1 is 0.829 bits per heavy atom. The molecule has 0 aromatic heterocycles. The molecule has 0 atom stereocenters. The maximum absolute atomic E-state index is 12.6. The number of rotatable bonds is 7. The molecule has 0 bridgehead atoms. The maximum Gasteiger partial charge on any atom is 0.343 e. The molecular formula is C28H23N3O4. The van der Waals surface area contributed by atoms with Crippen molar-refractivity contribution in [1.82, 2.24) is 10.7 Å². The summed E-state index contributed by atoms with van der Waals surface area (Å²) in [6, 6.07) is 26.8. The molecule has 4 aromatic rings. The molecule has 0 radical (unpaired) electrons. The third-order valence-electron chi connectivity index (χ3n) is 5.25. The number of fused-ring (bicyclic) bond motifs is 1. The van der Waals surface area contributed by atoms with Gasteiger partial charge < -0.3 is 10.1 Å². The third kappa shape index (κ3) is 5.97. The molecule has 4 aromatic carbocycles. The summed E-state index contributed by atoms with van der Waals surface area (Å²) in [6.07, 6.45) is 1.43. The van der Waals surface area contributed by atoms with Crippen molar-refractivity contribution in [2.75, 3.05) is 6.54 Å². The van der Waals surface area contributed by atoms with E-state index in [1.54, 1.807) is 42.5 Å². The van der Waals surface area contributed by atoms with Crippen molar-refractivity contribution in [1.29, 1.82) is 0 Å². The summed E-state index contributed by atoms with van der Waals surface area (Å²) in [5, 5.41) is 8.31. The number of ether oxygens (including phenoxy) is 1. The average Bonchev–Trinajstić information content (AvgIpc) is 2.89. The van der Waals surface area contributed by atoms with Crippen molar-refractivity contribution in [3.8, 4) is 5.75 Å². The molecule has 0 aliphatic heterocycles. The number of nitrogens with zero attached hydrogens (tertiary/aromatic N) is 1. The van der Waals surface area contributed by atoms with Gasteiger partial charge in [0, 0.05) is 11.1 Å². The van der Waals surface area contributed by atoms with E-state index in [1.807, 2.05) is 55.5 Å². The van der Waals surface area contributed by atoms with E-state index in [0.717, 1.165) is 16.3 Å². The monoisotopic (exact) mass is 465 g/mol. The highest BCUT2D eigenvalue weighted by Gasteiger charge is 2.13. The number of carbonyl (C=O) groups excluding carboxylic acids is 3. The van der Waals surface area contributed by atoms with Crippen LogP contribution in [0.1, 0.15) is 31.8 Å². The number of nitrogens with one attached hydrogen (secondary N) is 2. The summed E-state index contributed by atoms with van der Waals surface area (Å²) in [7, 11) is 0. The van der Waals surface area contributed by atoms with E-state index in [2.05, 4.69) is 15.8 Å². The second-order valence-electron chi connectivity index (χ2n) is 7.80. The molecule has 7 heteroatoms. The van der Waals surface area contributed by atoms with Crippen molar-refractivity contribution in [3.63, 3.8) is 0 Å². The topological polar surface area (TPSA) is 96.9 Å². The summed E-state index contributed by atoms with van der Waals surface area (Å²) in [4.78, 5) is 37.0. The Bertz CT molecular complexity index is 1400. The van der Waals surface area contributed by atoms with Crippen molar-refractivity contribution in [3.05, 3.63) is 113 Å². The lowest BCUT2D eigenvalue weighted by molar-refractivity contribution is -0.120. The number of esters is 1. The van der Waals surface area contributed by atoms with Gasteiger partial charge in [-0.05, 0) is 48.0 Å². The molecule has 35 heavy (non-hydrogen) atoms. The SMILES string of the molecule is Cc1ccc(C(=O)NCC(=O)N/N=C\c2c(OC(=O)c3ccccc3)ccc3ccccc23)cc1. The van der Waals surface area contributed by atoms with Gasteiger partial charge in [0.15, 0.2) is 0 Å². The smallest absolute Gasteiger partial charge is 0.343 e. The van der Waals surface area contributed by atoms with Crippen LogP contribution in [-0.4, -0.2) is 30.5 Å². The summed E-state index contributed by atoms with van der Waals surface area (Å²) >= 11 is 0. The highest BCUT2D eigenvalue weighted by molar-refractivity contribution is 6.04. The first kappa shape index (κ1) is 23.4. The highest BCUT2D eigenvalue weighted by atomic mass is 16.5. The number of hydrogen-bond acceptors (Lipinski definition) is 5. The zero-order valence-electron chi connectivity index (χ0n) is 19.0. The van der Waals surface area contributed by atoms with Crippen LogP contribution in [0.4, 0.5) is 0 Å². The molecule has 2 N–H and O–H groups in total. The fourth-order valence-electron chi connectivity index (χ4n) is 3.41. The van der Waals surface area contributed by atoms with E-state index in [4.69, 9.17) is 4.74 Å². The minimum Gasteiger partial charge on any atom is -0.422 e. The fraction of sp³-hybridized carbons (Fsp3) is 0.0714. The van der Waals surface area contributed by atoms with Gasteiger partial charge in [-0.25, -0.2) is 10.2 Å². The van der Waals surface area contributed by atoms with Crippen LogP contribution in [0.15, 0.2) is 96.1 Å². The number of carbonyl (C=O) groups is 3. The average molecular weight is 466 g/mol. The fourth-order valence-corrected chi connectivity index (χ4v) is 3.41. The second-order valence-corrected chi connectivity index (χ2v) is 7.80. The van der Waals surface area contributed by atoms with Crippen LogP contribution in [0, 0.1) is 6.92 Å². The van der Waals surface area contributed by atoms with Gasteiger partial charge in [0.05, 0.1) is 18.3 Å². The Hall–Kier alpha value is -4.78. The molecule has 0 saturated carbocycles. The molecule has 0 aliphatic carbocycles. The van der Waals surface area contributed by atoms with Crippen LogP contribution in [0.5, 0.6) is 5.75 Å². The normalized spacial score (nSPS) is 10.8. The highest BCUT2D eigenvalue weighted by Crippen LogP contribution is 2.27. The zero-order valence-corrected chi connectivity index (χ0v) is 19.0. The van der Waals surface area contributed by atoms with Crippen LogP contribution >= 0.6 is 0 Å². The lowest BCUT2D eigenvalue weighted by atomic mass is 10.0. The van der Waals surface area contributed by atoms with Gasteiger partial charge >= 0.3 is 5.97 Å². The van der Waals surface area contributed by atoms with Crippen molar-refractivity contribution in [2.24, 2.45) is 5.10 Å². The Balaban J connectivity index is 1.46. The zero-order chi connectivity index (χ0) is 24.6. The third-order valence-corrected chi connectivity index (χ3v) is 5.25. The van der Waals surface area contributed by atoms with Gasteiger partial charge in [-0.15, -0.1) is 0 Å². The molecule has 0 unspecified atom stereocenters. The first-order chi connectivity index (χ1) is 17.0. The van der Waals surface area contributed by atoms with Gasteiger partial charge in [-0.1, -0.05) is 66.2 Å². The van der Waals surface area contributed by atoms with E-state index in [1.165, 1.54) is 6.21 Å². The molecule has 4 rings (SSSR count). The predicted molar refractivity (Wildman–Crippen MR) is 135 cm³/mol. The maximum atomic E-state index is 12.6. The van der Waals surface area contributed by atoms with Gasteiger partial charge in [0.1, 0.15) is 5.75 Å². The minimum absolute atomic E-state index is 0.241. The molecule has 0 fully saturated rings. The molecular weight excluding hydrogens is 442 g/mol. The molecule has 174 valence electrons. The van der Waals surface area contributed by atoms with Gasteiger partial charge in [0.25, 0.3) is 11.8 Å². The largest absolute Gasteiger partial charge is 0.422 e. The van der Waals surface area contributed by atoms with Crippen LogP contribution in [0.2, 0.25) is 0 Å². The van der Waals surface area contributed by atoms with Gasteiger partial charge in [-0.2, -0.15) is 5.10 Å². The Labute approximate surface area is 202 Å². The lowest BCUT2D eigenvalue weighted by Crippen LogP contribution is -2.34. The quantitative estimate of drug-likeness (QED) is 0.185. The number of aryl methyl sites for hydroxylation is 1. The molecule has 0 saturated heterocycles. The summed E-state index contributed by atoms with van der Waals surface area (Å²) in [5.74, 6) is -1.04. The lowest BCUT2D eigenvalue weighted by Gasteiger charge is -2.10. The molecule has 2 amide bonds. The summed E-state index contributed by atoms with van der Waals surface area (Å²) < 4.78 is 5.63. The van der Waals surface area contributed by atoms with E-state index in [-0.39, 0.29) is 12.5 Å². The molecule has 0 aliphatic rings. The van der Waals surface area contributed by atoms with Crippen molar-refractivity contribution >= 4 is 34.8 Å². The number of hydrazone groups is 1. The van der Waals surface area contributed by atoms with E-state index in [9.17, 15) is 14.4 Å². The summed E-state index contributed by atoms with van der Waals surface area (Å²) in [6.45, 7) is 1.69. The standard InChI is InChI=1S/C28H23N3O4/c1-19-11-13-21(14-12-19)27(33)29-18-26(32)31-30-17-24-23-10-6-5-7-20(23)15-16-25(24)35-28(34)22-8-3-2-4-9-22/h2-17H,18H2,1H3,(H,29,33)(H,31,32)/b30-17-. The van der Waals surface area contributed by atoms with Crippen LogP contribution in [0.25, 0.3) is 10.8 Å². The first-order valence-corrected chi connectivity index (χ1v) is 11.0. The Kier molecular flexibility index (Phi) is 7.28. The van der Waals surface area contributed by atoms with E-state index < -0.39 is 11.9 Å². The number of amides is 2. The Morgan fingerprint density at radius 2 is 1.54 bits per heavy atom. The van der Waals surface area contributed by atoms with E-state index >= 15 is 0 Å². The molecule has 7 nitrogen and oxygen atoms in total. The van der Waals surface area contributed by atoms with Crippen LogP contribution < -0.4 is 15.5 Å². The van der Waals surface area contributed by atoms with E-state index in [0.29, 0.717) is 22.4 Å². The first-order valence-electron chi connectivity index (χ1n) is 11.0. The van der Waals surface area contributed by atoms with Gasteiger partial charge in [0.2, 0.25) is 0 Å².